The SMILES string of the molecule is CSCC[C@H](NC(C)=O)C(=O)N[C@@H](CC(C)C)C(=O)O. The first kappa shape index (κ1) is 18.8. The molecule has 0 unspecified atom stereocenters. The standard InChI is InChI=1S/C13H24N2O4S/c1-8(2)7-11(13(18)19)15-12(17)10(5-6-20-4)14-9(3)16/h8,10-11H,5-7H2,1-4H3,(H,14,16)(H,15,17)(H,18,19)/t10-,11-/m0/s1. The van der Waals surface area contributed by atoms with E-state index in [1.54, 1.807) is 11.8 Å². The van der Waals surface area contributed by atoms with Gasteiger partial charge in [0.25, 0.3) is 0 Å². The first-order valence-corrected chi connectivity index (χ1v) is 7.96. The summed E-state index contributed by atoms with van der Waals surface area (Å²) in [6, 6.07) is -1.61. The molecule has 0 fully saturated rings. The van der Waals surface area contributed by atoms with E-state index in [4.69, 9.17) is 5.11 Å². The highest BCUT2D eigenvalue weighted by Gasteiger charge is 2.26. The molecule has 0 aliphatic heterocycles. The Labute approximate surface area is 124 Å². The molecule has 2 amide bonds. The van der Waals surface area contributed by atoms with Crippen LogP contribution in [0.5, 0.6) is 0 Å². The molecule has 0 aromatic carbocycles. The summed E-state index contributed by atoms with van der Waals surface area (Å²) in [4.78, 5) is 34.3. The van der Waals surface area contributed by atoms with Crippen molar-refractivity contribution in [1.82, 2.24) is 10.6 Å². The van der Waals surface area contributed by atoms with Crippen molar-refractivity contribution in [2.24, 2.45) is 5.92 Å². The molecule has 0 bridgehead atoms. The third-order valence-electron chi connectivity index (χ3n) is 2.63. The van der Waals surface area contributed by atoms with E-state index in [1.165, 1.54) is 6.92 Å². The van der Waals surface area contributed by atoms with E-state index in [0.29, 0.717) is 18.6 Å². The summed E-state index contributed by atoms with van der Waals surface area (Å²) in [5.74, 6) is -0.940. The predicted molar refractivity (Wildman–Crippen MR) is 79.6 cm³/mol. The third kappa shape index (κ3) is 8.04. The first-order chi connectivity index (χ1) is 9.27. The van der Waals surface area contributed by atoms with Crippen molar-refractivity contribution in [3.8, 4) is 0 Å². The van der Waals surface area contributed by atoms with Crippen LogP contribution in [-0.2, 0) is 14.4 Å². The molecule has 116 valence electrons. The van der Waals surface area contributed by atoms with Crippen molar-refractivity contribution in [1.29, 1.82) is 0 Å². The van der Waals surface area contributed by atoms with Crippen LogP contribution in [0.1, 0.15) is 33.6 Å². The lowest BCUT2D eigenvalue weighted by Gasteiger charge is -2.21. The van der Waals surface area contributed by atoms with Crippen LogP contribution in [0.15, 0.2) is 0 Å². The molecule has 0 radical (unpaired) electrons. The predicted octanol–water partition coefficient (Wildman–Crippen LogP) is 0.860. The Balaban J connectivity index is 4.68. The number of thioether (sulfide) groups is 1. The quantitative estimate of drug-likeness (QED) is 0.587. The van der Waals surface area contributed by atoms with Crippen molar-refractivity contribution in [3.63, 3.8) is 0 Å². The maximum Gasteiger partial charge on any atom is 0.326 e. The summed E-state index contributed by atoms with van der Waals surface area (Å²) in [5.41, 5.74) is 0. The van der Waals surface area contributed by atoms with E-state index in [0.717, 1.165) is 0 Å². The normalized spacial score (nSPS) is 13.7. The topological polar surface area (TPSA) is 95.5 Å². The van der Waals surface area contributed by atoms with Crippen LogP contribution in [0.3, 0.4) is 0 Å². The Bertz CT molecular complexity index is 347. The van der Waals surface area contributed by atoms with E-state index >= 15 is 0 Å². The first-order valence-electron chi connectivity index (χ1n) is 6.57. The number of carbonyl (C=O) groups excluding carboxylic acids is 2. The minimum Gasteiger partial charge on any atom is -0.480 e. The van der Waals surface area contributed by atoms with Gasteiger partial charge in [-0.05, 0) is 30.8 Å². The lowest BCUT2D eigenvalue weighted by Crippen LogP contribution is -2.51. The van der Waals surface area contributed by atoms with Gasteiger partial charge in [0.15, 0.2) is 0 Å². The molecule has 0 spiro atoms. The summed E-state index contributed by atoms with van der Waals surface area (Å²) in [6.07, 6.45) is 2.73. The number of carboxylic acids is 1. The van der Waals surface area contributed by atoms with Crippen molar-refractivity contribution in [2.45, 2.75) is 45.7 Å². The number of aliphatic carboxylic acids is 1. The Morgan fingerprint density at radius 3 is 2.15 bits per heavy atom. The number of hydrogen-bond acceptors (Lipinski definition) is 4. The van der Waals surface area contributed by atoms with Gasteiger partial charge in [-0.3, -0.25) is 9.59 Å². The Morgan fingerprint density at radius 2 is 1.75 bits per heavy atom. The molecular weight excluding hydrogens is 280 g/mol. The van der Waals surface area contributed by atoms with Crippen molar-refractivity contribution < 1.29 is 19.5 Å². The molecule has 0 saturated carbocycles. The molecule has 20 heavy (non-hydrogen) atoms. The highest BCUT2D eigenvalue weighted by molar-refractivity contribution is 7.98. The van der Waals surface area contributed by atoms with Crippen molar-refractivity contribution in [3.05, 3.63) is 0 Å². The molecular formula is C13H24N2O4S. The third-order valence-corrected chi connectivity index (χ3v) is 3.27. The number of nitrogens with one attached hydrogen (secondary N) is 2. The highest BCUT2D eigenvalue weighted by Crippen LogP contribution is 2.07. The number of amides is 2. The van der Waals surface area contributed by atoms with Gasteiger partial charge >= 0.3 is 5.97 Å². The van der Waals surface area contributed by atoms with Crippen LogP contribution >= 0.6 is 11.8 Å². The molecule has 0 heterocycles. The van der Waals surface area contributed by atoms with Gasteiger partial charge in [-0.25, -0.2) is 4.79 Å². The summed E-state index contributed by atoms with van der Waals surface area (Å²) >= 11 is 1.56. The van der Waals surface area contributed by atoms with Gasteiger partial charge in [0.2, 0.25) is 11.8 Å². The molecule has 0 aromatic rings. The molecule has 2 atom stereocenters. The number of carbonyl (C=O) groups is 3. The van der Waals surface area contributed by atoms with Gasteiger partial charge in [-0.15, -0.1) is 0 Å². The zero-order valence-corrected chi connectivity index (χ0v) is 13.3. The van der Waals surface area contributed by atoms with Crippen LogP contribution in [-0.4, -0.2) is 47.0 Å². The minimum absolute atomic E-state index is 0.154. The summed E-state index contributed by atoms with van der Waals surface area (Å²) < 4.78 is 0. The maximum atomic E-state index is 12.1. The smallest absolute Gasteiger partial charge is 0.326 e. The van der Waals surface area contributed by atoms with Crippen LogP contribution in [0.2, 0.25) is 0 Å². The van der Waals surface area contributed by atoms with Crippen LogP contribution in [0.4, 0.5) is 0 Å². The van der Waals surface area contributed by atoms with Crippen LogP contribution in [0, 0.1) is 5.92 Å². The number of rotatable bonds is 9. The maximum absolute atomic E-state index is 12.1. The zero-order valence-electron chi connectivity index (χ0n) is 12.4. The fourth-order valence-electron chi connectivity index (χ4n) is 1.72. The van der Waals surface area contributed by atoms with E-state index in [-0.39, 0.29) is 11.8 Å². The largest absolute Gasteiger partial charge is 0.480 e. The van der Waals surface area contributed by atoms with Gasteiger partial charge in [0.05, 0.1) is 0 Å². The average molecular weight is 304 g/mol. The second kappa shape index (κ2) is 9.63. The molecule has 7 heteroatoms. The Morgan fingerprint density at radius 1 is 1.15 bits per heavy atom. The molecule has 0 aliphatic carbocycles. The molecule has 0 rings (SSSR count). The fourth-order valence-corrected chi connectivity index (χ4v) is 2.19. The van der Waals surface area contributed by atoms with E-state index in [9.17, 15) is 14.4 Å². The second-order valence-electron chi connectivity index (χ2n) is 5.06. The van der Waals surface area contributed by atoms with Crippen LogP contribution < -0.4 is 10.6 Å². The molecule has 0 saturated heterocycles. The summed E-state index contributed by atoms with van der Waals surface area (Å²) in [5, 5.41) is 14.2. The lowest BCUT2D eigenvalue weighted by molar-refractivity contribution is -0.142. The van der Waals surface area contributed by atoms with Gasteiger partial charge in [0, 0.05) is 6.92 Å². The number of hydrogen-bond donors (Lipinski definition) is 3. The second-order valence-corrected chi connectivity index (χ2v) is 6.05. The van der Waals surface area contributed by atoms with E-state index < -0.39 is 24.0 Å². The zero-order chi connectivity index (χ0) is 15.7. The molecule has 3 N–H and O–H groups in total. The van der Waals surface area contributed by atoms with Gasteiger partial charge in [-0.1, -0.05) is 13.8 Å². The minimum atomic E-state index is -1.06. The van der Waals surface area contributed by atoms with Crippen molar-refractivity contribution >= 4 is 29.5 Å². The Kier molecular flexibility index (Phi) is 9.03. The highest BCUT2D eigenvalue weighted by atomic mass is 32.2. The molecule has 6 nitrogen and oxygen atoms in total. The van der Waals surface area contributed by atoms with Crippen molar-refractivity contribution in [2.75, 3.05) is 12.0 Å². The summed E-state index contributed by atoms with van der Waals surface area (Å²) in [7, 11) is 0. The van der Waals surface area contributed by atoms with Gasteiger partial charge in [0.1, 0.15) is 12.1 Å². The fraction of sp³-hybridized carbons (Fsp3) is 0.769. The number of carboxylic acid groups (broad SMARTS) is 1. The van der Waals surface area contributed by atoms with E-state index in [1.807, 2.05) is 20.1 Å². The van der Waals surface area contributed by atoms with Gasteiger partial charge < -0.3 is 15.7 Å². The van der Waals surface area contributed by atoms with Gasteiger partial charge in [-0.2, -0.15) is 11.8 Å². The lowest BCUT2D eigenvalue weighted by atomic mass is 10.0. The molecule has 0 aromatic heterocycles. The Hall–Kier alpha value is -1.24. The molecule has 0 aliphatic rings. The van der Waals surface area contributed by atoms with E-state index in [2.05, 4.69) is 10.6 Å². The van der Waals surface area contributed by atoms with Crippen LogP contribution in [0.25, 0.3) is 0 Å². The summed E-state index contributed by atoms with van der Waals surface area (Å²) in [6.45, 7) is 5.12. The monoisotopic (exact) mass is 304 g/mol. The average Bonchev–Trinajstić information content (AvgIpc) is 2.32.